The first-order valence-electron chi connectivity index (χ1n) is 4.81. The first-order chi connectivity index (χ1) is 6.18. The van der Waals surface area contributed by atoms with Gasteiger partial charge in [0.1, 0.15) is 11.6 Å². The van der Waals surface area contributed by atoms with Crippen LogP contribution in [-0.4, -0.2) is 20.8 Å². The lowest BCUT2D eigenvalue weighted by Crippen LogP contribution is -2.25. The monoisotopic (exact) mass is 180 g/mol. The summed E-state index contributed by atoms with van der Waals surface area (Å²) < 4.78 is 1.87. The number of aryl methyl sites for hydroxylation is 2. The molecule has 4 nitrogen and oxygen atoms in total. The van der Waals surface area contributed by atoms with Gasteiger partial charge in [-0.15, -0.1) is 0 Å². The van der Waals surface area contributed by atoms with E-state index in [1.807, 2.05) is 18.7 Å². The molecule has 72 valence electrons. The minimum atomic E-state index is 0.280. The lowest BCUT2D eigenvalue weighted by molar-refractivity contribution is 0.545. The highest BCUT2D eigenvalue weighted by Crippen LogP contribution is 2.31. The van der Waals surface area contributed by atoms with Crippen molar-refractivity contribution in [2.75, 3.05) is 0 Å². The van der Waals surface area contributed by atoms with Crippen LogP contribution in [0.1, 0.15) is 36.8 Å². The molecule has 1 aliphatic carbocycles. The topological polar surface area (TPSA) is 56.7 Å². The molecule has 4 heteroatoms. The summed E-state index contributed by atoms with van der Waals surface area (Å²) in [5.74, 6) is 2.32. The average Bonchev–Trinajstić information content (AvgIpc) is 2.58. The third kappa shape index (κ3) is 1.46. The Labute approximate surface area is 78.1 Å². The molecule has 13 heavy (non-hydrogen) atoms. The van der Waals surface area contributed by atoms with Crippen molar-refractivity contribution in [3.63, 3.8) is 0 Å². The largest absolute Gasteiger partial charge is 0.327 e. The number of hydrogen-bond acceptors (Lipinski definition) is 3. The van der Waals surface area contributed by atoms with Gasteiger partial charge in [0.25, 0.3) is 0 Å². The maximum atomic E-state index is 6.01. The minimum Gasteiger partial charge on any atom is -0.327 e. The van der Waals surface area contributed by atoms with E-state index < -0.39 is 0 Å². The summed E-state index contributed by atoms with van der Waals surface area (Å²) in [7, 11) is 1.94. The van der Waals surface area contributed by atoms with Crippen LogP contribution >= 0.6 is 0 Å². The third-order valence-corrected chi connectivity index (χ3v) is 2.80. The number of nitrogens with zero attached hydrogens (tertiary/aromatic N) is 3. The summed E-state index contributed by atoms with van der Waals surface area (Å²) in [6.07, 6.45) is 3.50. The summed E-state index contributed by atoms with van der Waals surface area (Å²) in [5.41, 5.74) is 6.01. The van der Waals surface area contributed by atoms with E-state index in [1.54, 1.807) is 0 Å². The maximum Gasteiger partial charge on any atom is 0.147 e. The number of hydrogen-bond donors (Lipinski definition) is 1. The van der Waals surface area contributed by atoms with Gasteiger partial charge in [0, 0.05) is 19.0 Å². The van der Waals surface area contributed by atoms with E-state index in [9.17, 15) is 0 Å². The van der Waals surface area contributed by atoms with E-state index in [0.717, 1.165) is 24.5 Å². The predicted molar refractivity (Wildman–Crippen MR) is 50.3 cm³/mol. The van der Waals surface area contributed by atoms with Crippen LogP contribution in [0.25, 0.3) is 0 Å². The fourth-order valence-electron chi connectivity index (χ4n) is 2.16. The summed E-state index contributed by atoms with van der Waals surface area (Å²) in [6, 6.07) is 0.280. The molecular weight excluding hydrogens is 164 g/mol. The molecule has 0 saturated heterocycles. The van der Waals surface area contributed by atoms with Gasteiger partial charge in [-0.3, -0.25) is 4.68 Å². The molecule has 1 saturated carbocycles. The quantitative estimate of drug-likeness (QED) is 0.692. The Morgan fingerprint density at radius 1 is 1.46 bits per heavy atom. The second kappa shape index (κ2) is 3.10. The standard InChI is InChI=1S/C9H16N4/c1-6-11-9(13(2)12-6)7-4-3-5-8(7)10/h7-8H,3-5,10H2,1-2H3. The zero-order chi connectivity index (χ0) is 9.42. The summed E-state index contributed by atoms with van der Waals surface area (Å²) in [5, 5.41) is 4.24. The van der Waals surface area contributed by atoms with E-state index in [4.69, 9.17) is 5.73 Å². The van der Waals surface area contributed by atoms with E-state index in [1.165, 1.54) is 6.42 Å². The number of aromatic nitrogens is 3. The SMILES string of the molecule is Cc1nc(C2CCCC2N)n(C)n1. The highest BCUT2D eigenvalue weighted by Gasteiger charge is 2.29. The molecule has 2 N–H and O–H groups in total. The predicted octanol–water partition coefficient (Wildman–Crippen LogP) is 0.718. The summed E-state index contributed by atoms with van der Waals surface area (Å²) in [6.45, 7) is 1.92. The molecular formula is C9H16N4. The molecule has 0 aromatic carbocycles. The highest BCUT2D eigenvalue weighted by molar-refractivity contribution is 5.05. The Hall–Kier alpha value is -0.900. The molecule has 2 atom stereocenters. The van der Waals surface area contributed by atoms with Crippen molar-refractivity contribution >= 4 is 0 Å². The van der Waals surface area contributed by atoms with E-state index in [0.29, 0.717) is 5.92 Å². The third-order valence-electron chi connectivity index (χ3n) is 2.80. The Morgan fingerprint density at radius 2 is 2.23 bits per heavy atom. The van der Waals surface area contributed by atoms with Gasteiger partial charge < -0.3 is 5.73 Å². The molecule has 1 aromatic heterocycles. The van der Waals surface area contributed by atoms with Crippen LogP contribution in [0.2, 0.25) is 0 Å². The van der Waals surface area contributed by atoms with Gasteiger partial charge in [0.2, 0.25) is 0 Å². The fourth-order valence-corrected chi connectivity index (χ4v) is 2.16. The molecule has 1 heterocycles. The van der Waals surface area contributed by atoms with Crippen molar-refractivity contribution in [2.24, 2.45) is 12.8 Å². The van der Waals surface area contributed by atoms with E-state index in [2.05, 4.69) is 10.1 Å². The van der Waals surface area contributed by atoms with Gasteiger partial charge >= 0.3 is 0 Å². The smallest absolute Gasteiger partial charge is 0.147 e. The van der Waals surface area contributed by atoms with Crippen LogP contribution in [-0.2, 0) is 7.05 Å². The van der Waals surface area contributed by atoms with Gasteiger partial charge in [-0.05, 0) is 19.8 Å². The lowest BCUT2D eigenvalue weighted by atomic mass is 10.0. The Morgan fingerprint density at radius 3 is 2.69 bits per heavy atom. The zero-order valence-electron chi connectivity index (χ0n) is 8.20. The fraction of sp³-hybridized carbons (Fsp3) is 0.778. The molecule has 0 aliphatic heterocycles. The van der Waals surface area contributed by atoms with Crippen LogP contribution in [0.4, 0.5) is 0 Å². The first-order valence-corrected chi connectivity index (χ1v) is 4.81. The molecule has 1 fully saturated rings. The van der Waals surface area contributed by atoms with Gasteiger partial charge in [0.15, 0.2) is 0 Å². The highest BCUT2D eigenvalue weighted by atomic mass is 15.3. The average molecular weight is 180 g/mol. The van der Waals surface area contributed by atoms with Gasteiger partial charge in [-0.1, -0.05) is 6.42 Å². The number of nitrogens with two attached hydrogens (primary N) is 1. The maximum absolute atomic E-state index is 6.01. The van der Waals surface area contributed by atoms with Crippen LogP contribution in [0, 0.1) is 6.92 Å². The van der Waals surface area contributed by atoms with Crippen LogP contribution in [0.5, 0.6) is 0 Å². The van der Waals surface area contributed by atoms with Crippen molar-refractivity contribution in [1.29, 1.82) is 0 Å². The van der Waals surface area contributed by atoms with Gasteiger partial charge in [-0.2, -0.15) is 5.10 Å². The van der Waals surface area contributed by atoms with Crippen molar-refractivity contribution in [1.82, 2.24) is 14.8 Å². The molecule has 0 spiro atoms. The van der Waals surface area contributed by atoms with Crippen LogP contribution in [0.15, 0.2) is 0 Å². The van der Waals surface area contributed by atoms with Crippen molar-refractivity contribution < 1.29 is 0 Å². The normalized spacial score (nSPS) is 28.2. The zero-order valence-corrected chi connectivity index (χ0v) is 8.20. The molecule has 2 unspecified atom stereocenters. The van der Waals surface area contributed by atoms with Gasteiger partial charge in [0.05, 0.1) is 0 Å². The molecule has 0 amide bonds. The molecule has 2 rings (SSSR count). The number of rotatable bonds is 1. The van der Waals surface area contributed by atoms with Crippen LogP contribution < -0.4 is 5.73 Å². The Balaban J connectivity index is 2.28. The molecule has 0 bridgehead atoms. The molecule has 0 radical (unpaired) electrons. The van der Waals surface area contributed by atoms with E-state index in [-0.39, 0.29) is 6.04 Å². The Bertz CT molecular complexity index is 305. The van der Waals surface area contributed by atoms with Gasteiger partial charge in [-0.25, -0.2) is 4.98 Å². The van der Waals surface area contributed by atoms with Crippen molar-refractivity contribution in [3.05, 3.63) is 11.6 Å². The molecule has 1 aliphatic rings. The van der Waals surface area contributed by atoms with Crippen LogP contribution in [0.3, 0.4) is 0 Å². The second-order valence-corrected chi connectivity index (χ2v) is 3.84. The summed E-state index contributed by atoms with van der Waals surface area (Å²) >= 11 is 0. The minimum absolute atomic E-state index is 0.280. The molecule has 1 aromatic rings. The Kier molecular flexibility index (Phi) is 2.07. The summed E-state index contributed by atoms with van der Waals surface area (Å²) in [4.78, 5) is 4.41. The van der Waals surface area contributed by atoms with Crippen molar-refractivity contribution in [3.8, 4) is 0 Å². The lowest BCUT2D eigenvalue weighted by Gasteiger charge is -2.13. The van der Waals surface area contributed by atoms with Crippen molar-refractivity contribution in [2.45, 2.75) is 38.1 Å². The second-order valence-electron chi connectivity index (χ2n) is 3.84. The van der Waals surface area contributed by atoms with E-state index >= 15 is 0 Å². The first kappa shape index (κ1) is 8.69.